The average Bonchev–Trinajstić information content (AvgIpc) is 0.811. The first-order chi connectivity index (χ1) is 1.73. The smallest absolute Gasteiger partial charge is 1.00 e. The molecule has 6 heteroatoms. The van der Waals surface area contributed by atoms with Gasteiger partial charge in [-0.2, -0.15) is 0 Å². The average molecular weight is 184 g/mol. The first-order valence-electron chi connectivity index (χ1n) is 0.612. The van der Waals surface area contributed by atoms with E-state index in [1.807, 2.05) is 0 Å². The molecule has 0 saturated heterocycles. The molecule has 0 aliphatic rings. The topological polar surface area (TPSA) is 63.2 Å². The van der Waals surface area contributed by atoms with Gasteiger partial charge in [-0.1, -0.05) is 0 Å². The van der Waals surface area contributed by atoms with Crippen LogP contribution < -0.4 is 69.3 Å². The number of carboxylic acid groups (broad SMARTS) is 2. The van der Waals surface area contributed by atoms with Crippen LogP contribution in [0.25, 0.3) is 0 Å². The molecular weight excluding hydrogens is 181 g/mol. The Bertz CT molecular complexity index is 35.9. The molecule has 0 fully saturated rings. The number of hydrogen-bond donors (Lipinski definition) is 0. The molecule has 3 nitrogen and oxygen atoms in total. The van der Waals surface area contributed by atoms with E-state index in [1.165, 1.54) is 0 Å². The van der Waals surface area contributed by atoms with Crippen LogP contribution in [0.1, 0.15) is 0 Å². The summed E-state index contributed by atoms with van der Waals surface area (Å²) in [6, 6.07) is 0. The van der Waals surface area contributed by atoms with Crippen molar-refractivity contribution in [2.45, 2.75) is 0 Å². The Hall–Kier alpha value is 1.83. The van der Waals surface area contributed by atoms with Crippen molar-refractivity contribution in [3.63, 3.8) is 0 Å². The molecule has 0 aromatic heterocycles. The summed E-state index contributed by atoms with van der Waals surface area (Å²) >= 11 is 0. The van der Waals surface area contributed by atoms with Crippen LogP contribution in [-0.2, 0) is 0 Å². The fourth-order valence-corrected chi connectivity index (χ4v) is 0. The fraction of sp³-hybridized carbons (Fsp3) is 0. The Labute approximate surface area is 96.8 Å². The maximum absolute atomic E-state index is 8.33. The third-order valence-corrected chi connectivity index (χ3v) is 0. The van der Waals surface area contributed by atoms with Crippen LogP contribution >= 0.6 is 0 Å². The molecule has 1 atom stereocenters. The summed E-state index contributed by atoms with van der Waals surface area (Å²) in [6.07, 6.45) is -2.33. The zero-order valence-electron chi connectivity index (χ0n) is 4.43. The van der Waals surface area contributed by atoms with Crippen molar-refractivity contribution in [2.24, 2.45) is 0 Å². The molecule has 0 amide bonds. The molecule has 0 aliphatic heterocycles. The third kappa shape index (κ3) is 79.5. The second-order valence-electron chi connectivity index (χ2n) is 0.250. The molecule has 0 aliphatic carbocycles. The Morgan fingerprint density at radius 1 is 1.14 bits per heavy atom. The minimum absolute atomic E-state index is 0. The van der Waals surface area contributed by atoms with E-state index >= 15 is 0 Å². The van der Waals surface area contributed by atoms with Crippen molar-refractivity contribution < 1.29 is 74.1 Å². The zero-order valence-corrected chi connectivity index (χ0v) is 11.4. The Kier molecular flexibility index (Phi) is 51.9. The van der Waals surface area contributed by atoms with Gasteiger partial charge >= 0.3 is 77.1 Å². The fourth-order valence-electron chi connectivity index (χ4n) is 0. The largest absolute Gasteiger partial charge is 1.00 e. The molecule has 0 radical (unpaired) electrons. The second-order valence-corrected chi connectivity index (χ2v) is 0.250. The first-order valence-corrected chi connectivity index (χ1v) is 0.612. The minimum Gasteiger partial charge on any atom is 1.00 e. The van der Waals surface area contributed by atoms with E-state index in [1.54, 1.807) is 0 Å². The normalized spacial score (nSPS) is 3.43. The SMILES string of the molecule is O=C([O-])[O-].[AsH3].[Na+].[Na+]. The van der Waals surface area contributed by atoms with Crippen molar-refractivity contribution in [3.8, 4) is 0 Å². The van der Waals surface area contributed by atoms with Gasteiger partial charge in [-0.15, -0.1) is 0 Å². The number of hydrogen-bond acceptors (Lipinski definition) is 3. The summed E-state index contributed by atoms with van der Waals surface area (Å²) in [5, 5.41) is 16.7. The minimum atomic E-state index is -2.33. The summed E-state index contributed by atoms with van der Waals surface area (Å²) < 4.78 is 0. The van der Waals surface area contributed by atoms with Gasteiger partial charge in [0.25, 0.3) is 0 Å². The van der Waals surface area contributed by atoms with Crippen molar-refractivity contribution >= 4 is 24.1 Å². The predicted octanol–water partition coefficient (Wildman–Crippen LogP) is -9.62. The molecule has 0 saturated carbocycles. The quantitative estimate of drug-likeness (QED) is 0.351. The van der Waals surface area contributed by atoms with Gasteiger partial charge in [-0.05, 0) is 6.16 Å². The van der Waals surface area contributed by atoms with E-state index in [-0.39, 0.29) is 77.1 Å². The van der Waals surface area contributed by atoms with Crippen LogP contribution in [0.4, 0.5) is 4.79 Å². The molecular formula is CH3AsNa2O3. The molecule has 0 bridgehead atoms. The molecule has 0 rings (SSSR count). The molecule has 0 heterocycles. The van der Waals surface area contributed by atoms with E-state index in [2.05, 4.69) is 0 Å². The Morgan fingerprint density at radius 2 is 1.14 bits per heavy atom. The van der Waals surface area contributed by atoms with Gasteiger partial charge in [0.15, 0.2) is 0 Å². The monoisotopic (exact) mass is 184 g/mol. The molecule has 1 unspecified atom stereocenters. The number of carbonyl (C=O) groups is 1. The molecule has 0 aromatic rings. The number of carbonyl (C=O) groups excluding carboxylic acids is 1. The van der Waals surface area contributed by atoms with Crippen LogP contribution in [0.3, 0.4) is 0 Å². The van der Waals surface area contributed by atoms with E-state index in [4.69, 9.17) is 15.0 Å². The van der Waals surface area contributed by atoms with Crippen molar-refractivity contribution in [1.82, 2.24) is 0 Å². The van der Waals surface area contributed by atoms with Crippen LogP contribution in [0.5, 0.6) is 0 Å². The van der Waals surface area contributed by atoms with Crippen LogP contribution in [0, 0.1) is 0 Å². The second kappa shape index (κ2) is 15.7. The zero-order chi connectivity index (χ0) is 3.58. The molecule has 0 spiro atoms. The summed E-state index contributed by atoms with van der Waals surface area (Å²) in [5.74, 6) is 0. The van der Waals surface area contributed by atoms with Crippen molar-refractivity contribution in [3.05, 3.63) is 0 Å². The maximum atomic E-state index is 8.33. The van der Waals surface area contributed by atoms with Crippen LogP contribution in [0.15, 0.2) is 0 Å². The van der Waals surface area contributed by atoms with Gasteiger partial charge in [0.2, 0.25) is 0 Å². The van der Waals surface area contributed by atoms with Crippen LogP contribution in [-0.4, -0.2) is 24.1 Å². The van der Waals surface area contributed by atoms with Gasteiger partial charge in [-0.3, -0.25) is 0 Å². The summed E-state index contributed by atoms with van der Waals surface area (Å²) in [7, 11) is 0. The molecule has 0 aromatic carbocycles. The van der Waals surface area contributed by atoms with Gasteiger partial charge in [0, 0.05) is 0 Å². The Morgan fingerprint density at radius 3 is 1.14 bits per heavy atom. The maximum Gasteiger partial charge on any atom is 1.00 e. The third-order valence-electron chi connectivity index (χ3n) is 0. The molecule has 7 heavy (non-hydrogen) atoms. The van der Waals surface area contributed by atoms with Crippen molar-refractivity contribution in [1.29, 1.82) is 0 Å². The molecule has 32 valence electrons. The summed E-state index contributed by atoms with van der Waals surface area (Å²) in [4.78, 5) is 8.33. The van der Waals surface area contributed by atoms with Gasteiger partial charge < -0.3 is 15.0 Å². The van der Waals surface area contributed by atoms with E-state index < -0.39 is 6.16 Å². The predicted molar refractivity (Wildman–Crippen MR) is 15.3 cm³/mol. The summed E-state index contributed by atoms with van der Waals surface area (Å²) in [6.45, 7) is 0. The van der Waals surface area contributed by atoms with E-state index in [0.717, 1.165) is 0 Å². The number of rotatable bonds is 0. The van der Waals surface area contributed by atoms with Crippen LogP contribution in [0.2, 0.25) is 0 Å². The van der Waals surface area contributed by atoms with E-state index in [9.17, 15) is 0 Å². The van der Waals surface area contributed by atoms with Gasteiger partial charge in [0.05, 0.1) is 0 Å². The van der Waals surface area contributed by atoms with Gasteiger partial charge in [-0.25, -0.2) is 0 Å². The van der Waals surface area contributed by atoms with Crippen molar-refractivity contribution in [2.75, 3.05) is 0 Å². The standard InChI is InChI=1S/CH2O3.AsH3.2Na/c2-1(3)4;;;/h(H2,2,3,4);1H3;;/q;;2*+1/p-2. The first kappa shape index (κ1) is 23.2. The molecule has 0 N–H and O–H groups in total. The summed E-state index contributed by atoms with van der Waals surface area (Å²) in [5.41, 5.74) is 0. The Balaban J connectivity index is -0.0000000150. The van der Waals surface area contributed by atoms with Gasteiger partial charge in [0.1, 0.15) is 0 Å². The van der Waals surface area contributed by atoms with E-state index in [0.29, 0.717) is 0 Å².